The molecule has 0 heterocycles. The van der Waals surface area contributed by atoms with Gasteiger partial charge in [0, 0.05) is 0 Å². The molecule has 0 fully saturated rings. The molecule has 5 heteroatoms. The molecular formula is C32H51KO3S. The summed E-state index contributed by atoms with van der Waals surface area (Å²) in [5.74, 6) is 0. The molecule has 2 aromatic rings. The van der Waals surface area contributed by atoms with Gasteiger partial charge >= 0.3 is 51.4 Å². The molecule has 0 aliphatic rings. The Morgan fingerprint density at radius 3 is 1.54 bits per heavy atom. The molecule has 0 aliphatic carbocycles. The second kappa shape index (κ2) is 21.1. The van der Waals surface area contributed by atoms with Crippen molar-refractivity contribution >= 4 is 20.9 Å². The van der Waals surface area contributed by atoms with Gasteiger partial charge in [0.25, 0.3) is 0 Å². The summed E-state index contributed by atoms with van der Waals surface area (Å²) in [5, 5.41) is 1.99. The molecule has 37 heavy (non-hydrogen) atoms. The maximum atomic E-state index is 12.5. The minimum absolute atomic E-state index is 0. The molecule has 0 saturated heterocycles. The van der Waals surface area contributed by atoms with E-state index in [4.69, 9.17) is 0 Å². The standard InChI is InChI=1S/C32H52O3S.K/c1-3-5-7-9-11-13-15-17-19-24-29-27-28-23-21-22-25-30(28)31(32(29)36(33,34)35)26-20-18-16-14-12-10-8-6-4-2;/h21-23,25,27H,3-20,24,26H2,1-2H3,(H,33,34,35);/q;+1/p-1. The van der Waals surface area contributed by atoms with Crippen LogP contribution < -0.4 is 51.4 Å². The first kappa shape index (κ1) is 35.3. The summed E-state index contributed by atoms with van der Waals surface area (Å²) in [6, 6.07) is 9.94. The van der Waals surface area contributed by atoms with Crippen molar-refractivity contribution in [3.05, 3.63) is 41.5 Å². The van der Waals surface area contributed by atoms with Crippen LogP contribution >= 0.6 is 0 Å². The molecule has 0 bridgehead atoms. The first-order valence-electron chi connectivity index (χ1n) is 15.0. The van der Waals surface area contributed by atoms with Crippen molar-refractivity contribution < 1.29 is 64.4 Å². The zero-order chi connectivity index (χ0) is 26.1. The van der Waals surface area contributed by atoms with Crippen LogP contribution in [0.25, 0.3) is 10.8 Å². The molecule has 0 aromatic heterocycles. The van der Waals surface area contributed by atoms with E-state index in [1.807, 2.05) is 24.3 Å². The molecule has 0 unspecified atom stereocenters. The van der Waals surface area contributed by atoms with Crippen molar-refractivity contribution in [2.24, 2.45) is 0 Å². The van der Waals surface area contributed by atoms with Gasteiger partial charge in [0.15, 0.2) is 0 Å². The van der Waals surface area contributed by atoms with E-state index in [0.29, 0.717) is 12.8 Å². The summed E-state index contributed by atoms with van der Waals surface area (Å²) in [7, 11) is -4.53. The Morgan fingerprint density at radius 1 is 0.622 bits per heavy atom. The molecule has 0 amide bonds. The van der Waals surface area contributed by atoms with Gasteiger partial charge in [-0.2, -0.15) is 0 Å². The first-order valence-corrected chi connectivity index (χ1v) is 16.4. The van der Waals surface area contributed by atoms with Gasteiger partial charge in [0.1, 0.15) is 10.1 Å². The van der Waals surface area contributed by atoms with Crippen molar-refractivity contribution in [1.29, 1.82) is 0 Å². The van der Waals surface area contributed by atoms with Gasteiger partial charge in [0.2, 0.25) is 0 Å². The van der Waals surface area contributed by atoms with Crippen LogP contribution in [-0.2, 0) is 23.0 Å². The number of aryl methyl sites for hydroxylation is 2. The van der Waals surface area contributed by atoms with Crippen LogP contribution in [0.2, 0.25) is 0 Å². The second-order valence-corrected chi connectivity index (χ2v) is 12.0. The van der Waals surface area contributed by atoms with Crippen molar-refractivity contribution in [1.82, 2.24) is 0 Å². The Kier molecular flexibility index (Phi) is 20.1. The van der Waals surface area contributed by atoms with E-state index in [1.165, 1.54) is 89.9 Å². The summed E-state index contributed by atoms with van der Waals surface area (Å²) >= 11 is 0. The summed E-state index contributed by atoms with van der Waals surface area (Å²) in [5.41, 5.74) is 1.49. The smallest absolute Gasteiger partial charge is 0.744 e. The second-order valence-electron chi connectivity index (χ2n) is 10.7. The van der Waals surface area contributed by atoms with E-state index >= 15 is 0 Å². The van der Waals surface area contributed by atoms with E-state index in [-0.39, 0.29) is 56.3 Å². The van der Waals surface area contributed by atoms with E-state index in [9.17, 15) is 13.0 Å². The predicted molar refractivity (Wildman–Crippen MR) is 154 cm³/mol. The molecular weight excluding hydrogens is 504 g/mol. The normalized spacial score (nSPS) is 11.6. The number of fused-ring (bicyclic) bond motifs is 1. The van der Waals surface area contributed by atoms with Gasteiger partial charge in [-0.1, -0.05) is 141 Å². The van der Waals surface area contributed by atoms with Gasteiger partial charge < -0.3 is 4.55 Å². The number of benzene rings is 2. The molecule has 0 N–H and O–H groups in total. The van der Waals surface area contributed by atoms with E-state index in [1.54, 1.807) is 0 Å². The van der Waals surface area contributed by atoms with Crippen LogP contribution in [0.3, 0.4) is 0 Å². The summed E-state index contributed by atoms with van der Waals surface area (Å²) in [4.78, 5) is 0.0836. The quantitative estimate of drug-likeness (QED) is 0.0958. The number of hydrogen-bond donors (Lipinski definition) is 0. The van der Waals surface area contributed by atoms with Crippen LogP contribution in [0.5, 0.6) is 0 Å². The average Bonchev–Trinajstić information content (AvgIpc) is 2.85. The fraction of sp³-hybridized carbons (Fsp3) is 0.688. The SMILES string of the molecule is CCCCCCCCCCCc1cc2ccccc2c(CCCCCCCCCCC)c1S(=O)(=O)[O-].[K+]. The predicted octanol–water partition coefficient (Wildman–Crippen LogP) is 6.89. The Hall–Kier alpha value is 0.246. The first-order chi connectivity index (χ1) is 17.5. The third kappa shape index (κ3) is 13.9. The van der Waals surface area contributed by atoms with Crippen LogP contribution in [0.1, 0.15) is 141 Å². The number of unbranched alkanes of at least 4 members (excludes halogenated alkanes) is 16. The number of hydrogen-bond acceptors (Lipinski definition) is 3. The van der Waals surface area contributed by atoms with Crippen molar-refractivity contribution in [2.45, 2.75) is 147 Å². The molecule has 0 radical (unpaired) electrons. The van der Waals surface area contributed by atoms with Crippen molar-refractivity contribution in [3.8, 4) is 0 Å². The maximum absolute atomic E-state index is 12.5. The molecule has 0 saturated carbocycles. The van der Waals surface area contributed by atoms with Gasteiger partial charge in [-0.15, -0.1) is 0 Å². The third-order valence-electron chi connectivity index (χ3n) is 7.51. The summed E-state index contributed by atoms with van der Waals surface area (Å²) in [6.45, 7) is 4.48. The minimum Gasteiger partial charge on any atom is -0.744 e. The monoisotopic (exact) mass is 554 g/mol. The fourth-order valence-electron chi connectivity index (χ4n) is 5.45. The molecule has 2 rings (SSSR count). The van der Waals surface area contributed by atoms with Crippen LogP contribution in [0.15, 0.2) is 35.2 Å². The maximum Gasteiger partial charge on any atom is 1.00 e. The zero-order valence-corrected chi connectivity index (χ0v) is 28.1. The van der Waals surface area contributed by atoms with Crippen LogP contribution in [-0.4, -0.2) is 13.0 Å². The summed E-state index contributed by atoms with van der Waals surface area (Å²) < 4.78 is 37.5. The Balaban J connectivity index is 0.00000684. The molecule has 0 spiro atoms. The van der Waals surface area contributed by atoms with Gasteiger partial charge in [-0.25, -0.2) is 8.42 Å². The minimum atomic E-state index is -4.53. The number of rotatable bonds is 21. The Morgan fingerprint density at radius 2 is 1.05 bits per heavy atom. The summed E-state index contributed by atoms with van der Waals surface area (Å²) in [6.07, 6.45) is 23.3. The topological polar surface area (TPSA) is 57.2 Å². The van der Waals surface area contributed by atoms with Gasteiger partial charge in [0.05, 0.1) is 4.90 Å². The van der Waals surface area contributed by atoms with E-state index < -0.39 is 10.1 Å². The largest absolute Gasteiger partial charge is 1.00 e. The Labute approximate surface area is 271 Å². The van der Waals surface area contributed by atoms with E-state index in [2.05, 4.69) is 19.9 Å². The molecule has 0 atom stereocenters. The molecule has 204 valence electrons. The third-order valence-corrected chi connectivity index (χ3v) is 8.52. The zero-order valence-electron chi connectivity index (χ0n) is 24.2. The van der Waals surface area contributed by atoms with Gasteiger partial charge in [-0.05, 0) is 53.6 Å². The fourth-order valence-corrected chi connectivity index (χ4v) is 6.45. The molecule has 2 aromatic carbocycles. The van der Waals surface area contributed by atoms with E-state index in [0.717, 1.165) is 47.6 Å². The van der Waals surface area contributed by atoms with Crippen LogP contribution in [0.4, 0.5) is 0 Å². The van der Waals surface area contributed by atoms with Crippen LogP contribution in [0, 0.1) is 0 Å². The molecule has 0 aliphatic heterocycles. The van der Waals surface area contributed by atoms with Crippen molar-refractivity contribution in [2.75, 3.05) is 0 Å². The Bertz CT molecular complexity index is 971. The molecule has 3 nitrogen and oxygen atoms in total. The van der Waals surface area contributed by atoms with Crippen molar-refractivity contribution in [3.63, 3.8) is 0 Å². The average molecular weight is 555 g/mol. The van der Waals surface area contributed by atoms with Gasteiger partial charge in [-0.3, -0.25) is 0 Å².